The highest BCUT2D eigenvalue weighted by Crippen LogP contribution is 2.26. The Balaban J connectivity index is 1.86. The zero-order chi connectivity index (χ0) is 14.4. The highest BCUT2D eigenvalue weighted by molar-refractivity contribution is 6.32. The maximum absolute atomic E-state index is 9.79. The number of aliphatic hydroxyl groups is 1. The van der Waals surface area contributed by atoms with Gasteiger partial charge in [-0.1, -0.05) is 23.7 Å². The second-order valence-corrected chi connectivity index (χ2v) is 5.59. The maximum Gasteiger partial charge on any atom is 0.138 e. The van der Waals surface area contributed by atoms with Crippen LogP contribution in [-0.2, 0) is 4.74 Å². The van der Waals surface area contributed by atoms with Crippen molar-refractivity contribution in [3.8, 4) is 5.75 Å². The molecule has 1 N–H and O–H groups in total. The summed E-state index contributed by atoms with van der Waals surface area (Å²) in [7, 11) is 1.60. The Morgan fingerprint density at radius 3 is 3.00 bits per heavy atom. The largest absolute Gasteiger partial charge is 0.488 e. The summed E-state index contributed by atoms with van der Waals surface area (Å²) in [6, 6.07) is 7.54. The molecule has 0 aliphatic carbocycles. The van der Waals surface area contributed by atoms with E-state index in [4.69, 9.17) is 21.1 Å². The van der Waals surface area contributed by atoms with Gasteiger partial charge >= 0.3 is 0 Å². The van der Waals surface area contributed by atoms with Crippen molar-refractivity contribution in [1.29, 1.82) is 0 Å². The Bertz CT molecular complexity index is 416. The van der Waals surface area contributed by atoms with E-state index in [9.17, 15) is 5.11 Å². The number of nitrogens with zero attached hydrogens (tertiary/aromatic N) is 1. The maximum atomic E-state index is 9.79. The highest BCUT2D eigenvalue weighted by atomic mass is 35.5. The molecule has 0 spiro atoms. The van der Waals surface area contributed by atoms with Crippen LogP contribution >= 0.6 is 11.6 Å². The Kier molecular flexibility index (Phi) is 6.10. The van der Waals surface area contributed by atoms with Crippen molar-refractivity contribution in [2.75, 3.05) is 33.4 Å². The predicted octanol–water partition coefficient (Wildman–Crippen LogP) is 2.19. The van der Waals surface area contributed by atoms with Gasteiger partial charge in [0.2, 0.25) is 0 Å². The predicted molar refractivity (Wildman–Crippen MR) is 79.4 cm³/mol. The summed E-state index contributed by atoms with van der Waals surface area (Å²) in [5.41, 5.74) is 0. The van der Waals surface area contributed by atoms with Crippen molar-refractivity contribution in [2.45, 2.75) is 25.0 Å². The van der Waals surface area contributed by atoms with Gasteiger partial charge in [-0.2, -0.15) is 0 Å². The van der Waals surface area contributed by atoms with Crippen molar-refractivity contribution < 1.29 is 14.6 Å². The normalized spacial score (nSPS) is 21.6. The van der Waals surface area contributed by atoms with Crippen LogP contribution in [0.1, 0.15) is 12.8 Å². The van der Waals surface area contributed by atoms with Gasteiger partial charge in [0.25, 0.3) is 0 Å². The van der Waals surface area contributed by atoms with Crippen LogP contribution in [0.4, 0.5) is 0 Å². The molecule has 1 heterocycles. The lowest BCUT2D eigenvalue weighted by atomic mass is 10.1. The van der Waals surface area contributed by atoms with E-state index in [1.165, 1.54) is 0 Å². The lowest BCUT2D eigenvalue weighted by molar-refractivity contribution is 0.0149. The molecule has 0 bridgehead atoms. The van der Waals surface area contributed by atoms with Crippen LogP contribution in [0.15, 0.2) is 24.3 Å². The average Bonchev–Trinajstić information content (AvgIpc) is 2.42. The van der Waals surface area contributed by atoms with Crippen LogP contribution in [0.25, 0.3) is 0 Å². The lowest BCUT2D eigenvalue weighted by Gasteiger charge is -2.34. The number of hydrogen-bond donors (Lipinski definition) is 1. The van der Waals surface area contributed by atoms with Crippen LogP contribution < -0.4 is 4.74 Å². The number of β-amino-alcohol motifs (C(OH)–C–C–N with tert-alkyl or cyclic N) is 1. The van der Waals surface area contributed by atoms with Crippen molar-refractivity contribution in [2.24, 2.45) is 0 Å². The summed E-state index contributed by atoms with van der Waals surface area (Å²) >= 11 is 6.11. The van der Waals surface area contributed by atoms with Gasteiger partial charge in [-0.15, -0.1) is 0 Å². The number of likely N-dealkylation sites (tertiary alicyclic amines) is 1. The number of halogens is 1. The van der Waals surface area contributed by atoms with Gasteiger partial charge < -0.3 is 14.6 Å². The summed E-state index contributed by atoms with van der Waals surface area (Å²) < 4.78 is 10.9. The van der Waals surface area contributed by atoms with Crippen molar-refractivity contribution in [3.05, 3.63) is 29.3 Å². The Morgan fingerprint density at radius 1 is 1.45 bits per heavy atom. The number of aliphatic hydroxyl groups excluding tert-OH is 1. The molecule has 112 valence electrons. The van der Waals surface area contributed by atoms with E-state index in [0.29, 0.717) is 18.2 Å². The number of ether oxygens (including phenoxy) is 2. The van der Waals surface area contributed by atoms with Crippen molar-refractivity contribution in [3.63, 3.8) is 0 Å². The van der Waals surface area contributed by atoms with E-state index >= 15 is 0 Å². The summed E-state index contributed by atoms with van der Waals surface area (Å²) in [4.78, 5) is 2.22. The number of piperidine rings is 1. The minimum absolute atomic E-state index is 0.124. The molecule has 0 amide bonds. The Labute approximate surface area is 125 Å². The number of para-hydroxylation sites is 1. The topological polar surface area (TPSA) is 41.9 Å². The first-order chi connectivity index (χ1) is 9.69. The van der Waals surface area contributed by atoms with E-state index in [-0.39, 0.29) is 6.10 Å². The van der Waals surface area contributed by atoms with Gasteiger partial charge in [0.05, 0.1) is 17.7 Å². The van der Waals surface area contributed by atoms with Gasteiger partial charge in [-0.05, 0) is 31.5 Å². The Morgan fingerprint density at radius 2 is 2.25 bits per heavy atom. The van der Waals surface area contributed by atoms with E-state index in [2.05, 4.69) is 4.90 Å². The molecule has 0 saturated carbocycles. The fourth-order valence-electron chi connectivity index (χ4n) is 2.54. The number of methoxy groups -OCH3 is 1. The molecule has 1 aromatic rings. The molecule has 1 aliphatic rings. The first-order valence-corrected chi connectivity index (χ1v) is 7.37. The third-order valence-electron chi connectivity index (χ3n) is 3.42. The molecule has 4 nitrogen and oxygen atoms in total. The van der Waals surface area contributed by atoms with Gasteiger partial charge in [0.1, 0.15) is 11.9 Å². The van der Waals surface area contributed by atoms with E-state index in [0.717, 1.165) is 31.7 Å². The summed E-state index contributed by atoms with van der Waals surface area (Å²) in [5, 5.41) is 10.4. The SMILES string of the molecule is COCC(O)CN1CCCC(Oc2ccccc2Cl)C1. The van der Waals surface area contributed by atoms with Gasteiger partial charge in [-0.3, -0.25) is 4.90 Å². The van der Waals surface area contributed by atoms with Gasteiger partial charge in [-0.25, -0.2) is 0 Å². The lowest BCUT2D eigenvalue weighted by Crippen LogP contribution is -2.45. The van der Waals surface area contributed by atoms with Crippen LogP contribution in [0.5, 0.6) is 5.75 Å². The fraction of sp³-hybridized carbons (Fsp3) is 0.600. The molecule has 2 rings (SSSR count). The van der Waals surface area contributed by atoms with Crippen molar-refractivity contribution >= 4 is 11.6 Å². The average molecular weight is 300 g/mol. The molecular weight excluding hydrogens is 278 g/mol. The summed E-state index contributed by atoms with van der Waals surface area (Å²) in [5.74, 6) is 0.735. The molecule has 1 aromatic carbocycles. The minimum atomic E-state index is -0.445. The Hall–Kier alpha value is -0.810. The standard InChI is InChI=1S/C15H22ClNO3/c1-19-11-12(18)9-17-8-4-5-13(10-17)20-15-7-3-2-6-14(15)16/h2-3,6-7,12-13,18H,4-5,8-11H2,1H3. The first kappa shape index (κ1) is 15.6. The molecular formula is C15H22ClNO3. The second kappa shape index (κ2) is 7.84. The van der Waals surface area contributed by atoms with Crippen LogP contribution in [0.3, 0.4) is 0 Å². The van der Waals surface area contributed by atoms with Gasteiger partial charge in [0.15, 0.2) is 0 Å². The fourth-order valence-corrected chi connectivity index (χ4v) is 2.72. The van der Waals surface area contributed by atoms with E-state index in [1.807, 2.05) is 24.3 Å². The first-order valence-electron chi connectivity index (χ1n) is 6.99. The monoisotopic (exact) mass is 299 g/mol. The molecule has 20 heavy (non-hydrogen) atoms. The molecule has 2 atom stereocenters. The third-order valence-corrected chi connectivity index (χ3v) is 3.73. The molecule has 1 saturated heterocycles. The molecule has 1 aliphatic heterocycles. The van der Waals surface area contributed by atoms with Crippen LogP contribution in [-0.4, -0.2) is 55.6 Å². The highest BCUT2D eigenvalue weighted by Gasteiger charge is 2.23. The van der Waals surface area contributed by atoms with Crippen LogP contribution in [0.2, 0.25) is 5.02 Å². The summed E-state index contributed by atoms with van der Waals surface area (Å²) in [6.45, 7) is 2.79. The molecule has 0 aromatic heterocycles. The van der Waals surface area contributed by atoms with E-state index < -0.39 is 6.10 Å². The number of rotatable bonds is 6. The smallest absolute Gasteiger partial charge is 0.138 e. The minimum Gasteiger partial charge on any atom is -0.488 e. The zero-order valence-corrected chi connectivity index (χ0v) is 12.6. The quantitative estimate of drug-likeness (QED) is 0.874. The molecule has 0 radical (unpaired) electrons. The molecule has 5 heteroatoms. The summed E-state index contributed by atoms with van der Waals surface area (Å²) in [6.07, 6.45) is 1.76. The van der Waals surface area contributed by atoms with Gasteiger partial charge in [0, 0.05) is 20.2 Å². The second-order valence-electron chi connectivity index (χ2n) is 5.18. The zero-order valence-electron chi connectivity index (χ0n) is 11.8. The number of benzene rings is 1. The molecule has 2 unspecified atom stereocenters. The van der Waals surface area contributed by atoms with Crippen LogP contribution in [0, 0.1) is 0 Å². The van der Waals surface area contributed by atoms with E-state index in [1.54, 1.807) is 7.11 Å². The molecule has 1 fully saturated rings. The third kappa shape index (κ3) is 4.63. The van der Waals surface area contributed by atoms with Crippen molar-refractivity contribution in [1.82, 2.24) is 4.90 Å². The number of hydrogen-bond acceptors (Lipinski definition) is 4.